The van der Waals surface area contributed by atoms with Crippen molar-refractivity contribution < 1.29 is 4.42 Å². The molecule has 2 aromatic rings. The molecule has 2 heterocycles. The van der Waals surface area contributed by atoms with E-state index in [1.165, 1.54) is 11.1 Å². The number of rotatable bonds is 6. The Morgan fingerprint density at radius 1 is 1.30 bits per heavy atom. The van der Waals surface area contributed by atoms with Gasteiger partial charge in [-0.3, -0.25) is 0 Å². The highest BCUT2D eigenvalue weighted by molar-refractivity contribution is 5.39. The quantitative estimate of drug-likeness (QED) is 0.878. The van der Waals surface area contributed by atoms with Crippen LogP contribution in [0, 0.1) is 6.92 Å². The number of furan rings is 1. The molecule has 0 aliphatic heterocycles. The zero-order valence-electron chi connectivity index (χ0n) is 12.7. The van der Waals surface area contributed by atoms with E-state index in [4.69, 9.17) is 4.42 Å². The molecule has 0 atom stereocenters. The molecule has 0 spiro atoms. The first-order chi connectivity index (χ1) is 9.56. The first-order valence-corrected chi connectivity index (χ1v) is 6.98. The van der Waals surface area contributed by atoms with E-state index in [2.05, 4.69) is 41.2 Å². The molecule has 0 aliphatic rings. The van der Waals surface area contributed by atoms with Gasteiger partial charge in [-0.1, -0.05) is 19.9 Å². The Labute approximate surface area is 120 Å². The topological polar surface area (TPSA) is 41.3 Å². The fourth-order valence-corrected chi connectivity index (χ4v) is 1.98. The van der Waals surface area contributed by atoms with E-state index in [0.29, 0.717) is 6.04 Å². The Kier molecular flexibility index (Phi) is 4.79. The van der Waals surface area contributed by atoms with Gasteiger partial charge in [0, 0.05) is 37.9 Å². The van der Waals surface area contributed by atoms with E-state index in [9.17, 15) is 0 Å². The summed E-state index contributed by atoms with van der Waals surface area (Å²) in [5, 5.41) is 3.39. The van der Waals surface area contributed by atoms with Crippen molar-refractivity contribution in [3.05, 3.63) is 47.5 Å². The number of hydrogen-bond donors (Lipinski definition) is 1. The van der Waals surface area contributed by atoms with Crippen molar-refractivity contribution in [1.82, 2.24) is 10.3 Å². The largest absolute Gasteiger partial charge is 0.469 e. The normalized spacial score (nSPS) is 11.1. The Hall–Kier alpha value is -1.81. The van der Waals surface area contributed by atoms with Crippen molar-refractivity contribution >= 4 is 5.82 Å². The molecule has 108 valence electrons. The molecule has 0 saturated heterocycles. The average Bonchev–Trinajstić information content (AvgIpc) is 2.82. The van der Waals surface area contributed by atoms with Crippen molar-refractivity contribution in [3.8, 4) is 0 Å². The molecule has 4 nitrogen and oxygen atoms in total. The highest BCUT2D eigenvalue weighted by Crippen LogP contribution is 2.16. The third-order valence-corrected chi connectivity index (χ3v) is 3.29. The summed E-state index contributed by atoms with van der Waals surface area (Å²) in [5.74, 6) is 1.94. The van der Waals surface area contributed by atoms with Crippen molar-refractivity contribution in [2.45, 2.75) is 39.9 Å². The molecule has 0 saturated carbocycles. The molecule has 2 rings (SSSR count). The number of anilines is 1. The Morgan fingerprint density at radius 3 is 2.65 bits per heavy atom. The second kappa shape index (κ2) is 6.57. The maximum atomic E-state index is 5.32. The van der Waals surface area contributed by atoms with Gasteiger partial charge < -0.3 is 14.6 Å². The standard InChI is InChI=1S/C16H23N3O/c1-12(2)17-9-14-5-6-16(18-10-14)19(4)11-15-7-8-20-13(15)3/h5-8,10,12,17H,9,11H2,1-4H3. The van der Waals surface area contributed by atoms with Crippen molar-refractivity contribution in [3.63, 3.8) is 0 Å². The van der Waals surface area contributed by atoms with Gasteiger partial charge in [-0.25, -0.2) is 4.98 Å². The zero-order valence-corrected chi connectivity index (χ0v) is 12.7. The predicted octanol–water partition coefficient (Wildman–Crippen LogP) is 3.12. The molecule has 0 aromatic carbocycles. The van der Waals surface area contributed by atoms with E-state index in [1.54, 1.807) is 6.26 Å². The van der Waals surface area contributed by atoms with Crippen molar-refractivity contribution in [1.29, 1.82) is 0 Å². The summed E-state index contributed by atoms with van der Waals surface area (Å²) < 4.78 is 5.32. The average molecular weight is 273 g/mol. The number of pyridine rings is 1. The van der Waals surface area contributed by atoms with Crippen molar-refractivity contribution in [2.75, 3.05) is 11.9 Å². The molecular formula is C16H23N3O. The fraction of sp³-hybridized carbons (Fsp3) is 0.438. The second-order valence-corrected chi connectivity index (χ2v) is 5.42. The minimum atomic E-state index is 0.487. The maximum Gasteiger partial charge on any atom is 0.128 e. The molecular weight excluding hydrogens is 250 g/mol. The van der Waals surface area contributed by atoms with Gasteiger partial charge in [0.15, 0.2) is 0 Å². The van der Waals surface area contributed by atoms with Crippen molar-refractivity contribution in [2.24, 2.45) is 0 Å². The molecule has 0 bridgehead atoms. The predicted molar refractivity (Wildman–Crippen MR) is 81.8 cm³/mol. The number of nitrogens with one attached hydrogen (secondary N) is 1. The monoisotopic (exact) mass is 273 g/mol. The summed E-state index contributed by atoms with van der Waals surface area (Å²) >= 11 is 0. The van der Waals surface area contributed by atoms with Crippen LogP contribution in [-0.4, -0.2) is 18.1 Å². The smallest absolute Gasteiger partial charge is 0.128 e. The fourth-order valence-electron chi connectivity index (χ4n) is 1.98. The van der Waals surface area contributed by atoms with E-state index >= 15 is 0 Å². The van der Waals surface area contributed by atoms with Crippen LogP contribution in [0.25, 0.3) is 0 Å². The summed E-state index contributed by atoms with van der Waals surface area (Å²) in [6.45, 7) is 7.93. The highest BCUT2D eigenvalue weighted by atomic mass is 16.3. The summed E-state index contributed by atoms with van der Waals surface area (Å²) in [7, 11) is 2.04. The summed E-state index contributed by atoms with van der Waals surface area (Å²) in [6.07, 6.45) is 3.66. The lowest BCUT2D eigenvalue weighted by molar-refractivity contribution is 0.529. The zero-order chi connectivity index (χ0) is 14.5. The number of aromatic nitrogens is 1. The van der Waals surface area contributed by atoms with Crippen LogP contribution in [0.15, 0.2) is 35.1 Å². The lowest BCUT2D eigenvalue weighted by atomic mass is 10.2. The van der Waals surface area contributed by atoms with E-state index in [0.717, 1.165) is 24.7 Å². The van der Waals surface area contributed by atoms with E-state index in [-0.39, 0.29) is 0 Å². The van der Waals surface area contributed by atoms with E-state index < -0.39 is 0 Å². The van der Waals surface area contributed by atoms with E-state index in [1.807, 2.05) is 26.2 Å². The SMILES string of the molecule is Cc1occc1CN(C)c1ccc(CNC(C)C)cn1. The van der Waals surface area contributed by atoms with Gasteiger partial charge >= 0.3 is 0 Å². The van der Waals surface area contributed by atoms with Crippen LogP contribution >= 0.6 is 0 Å². The van der Waals surface area contributed by atoms with Gasteiger partial charge in [0.1, 0.15) is 11.6 Å². The summed E-state index contributed by atoms with van der Waals surface area (Å²) in [5.41, 5.74) is 2.40. The molecule has 0 fully saturated rings. The molecule has 0 radical (unpaired) electrons. The van der Waals surface area contributed by atoms with Gasteiger partial charge in [0.25, 0.3) is 0 Å². The Morgan fingerprint density at radius 2 is 2.10 bits per heavy atom. The minimum absolute atomic E-state index is 0.487. The van der Waals surface area contributed by atoms with Crippen LogP contribution < -0.4 is 10.2 Å². The first kappa shape index (κ1) is 14.6. The second-order valence-electron chi connectivity index (χ2n) is 5.42. The number of nitrogens with zero attached hydrogens (tertiary/aromatic N) is 2. The van der Waals surface area contributed by atoms with Crippen LogP contribution in [0.5, 0.6) is 0 Å². The van der Waals surface area contributed by atoms with Gasteiger partial charge in [-0.05, 0) is 24.6 Å². The van der Waals surface area contributed by atoms with Crippen LogP contribution in [0.2, 0.25) is 0 Å². The van der Waals surface area contributed by atoms with Gasteiger partial charge in [0.05, 0.1) is 6.26 Å². The third kappa shape index (κ3) is 3.84. The molecule has 0 aliphatic carbocycles. The number of hydrogen-bond acceptors (Lipinski definition) is 4. The maximum absolute atomic E-state index is 5.32. The molecule has 0 amide bonds. The van der Waals surface area contributed by atoms with Gasteiger partial charge in [0.2, 0.25) is 0 Å². The summed E-state index contributed by atoms with van der Waals surface area (Å²) in [4.78, 5) is 6.64. The lowest BCUT2D eigenvalue weighted by Gasteiger charge is -2.18. The molecule has 1 N–H and O–H groups in total. The molecule has 4 heteroatoms. The Balaban J connectivity index is 1.97. The first-order valence-electron chi connectivity index (χ1n) is 6.98. The molecule has 20 heavy (non-hydrogen) atoms. The van der Waals surface area contributed by atoms with Crippen LogP contribution in [0.4, 0.5) is 5.82 Å². The number of aryl methyl sites for hydroxylation is 1. The molecule has 0 unspecified atom stereocenters. The van der Waals surface area contributed by atoms with Gasteiger partial charge in [-0.2, -0.15) is 0 Å². The summed E-state index contributed by atoms with van der Waals surface area (Å²) in [6, 6.07) is 6.68. The van der Waals surface area contributed by atoms with Crippen LogP contribution in [0.1, 0.15) is 30.7 Å². The van der Waals surface area contributed by atoms with Crippen LogP contribution in [-0.2, 0) is 13.1 Å². The third-order valence-electron chi connectivity index (χ3n) is 3.29. The highest BCUT2D eigenvalue weighted by Gasteiger charge is 2.07. The van der Waals surface area contributed by atoms with Gasteiger partial charge in [-0.15, -0.1) is 0 Å². The molecule has 2 aromatic heterocycles. The van der Waals surface area contributed by atoms with Crippen LogP contribution in [0.3, 0.4) is 0 Å². The lowest BCUT2D eigenvalue weighted by Crippen LogP contribution is -2.22. The minimum Gasteiger partial charge on any atom is -0.469 e. The Bertz CT molecular complexity index is 531.